The molecule has 0 spiro atoms. The van der Waals surface area contributed by atoms with Crippen molar-refractivity contribution in [3.05, 3.63) is 29.0 Å². The zero-order valence-corrected chi connectivity index (χ0v) is 12.2. The molecule has 1 amide bonds. The SMILES string of the molecule is CC(C)C(CNC(=O)c1cc(Cl)ccn1)C(C)C. The van der Waals surface area contributed by atoms with E-state index in [1.807, 2.05) is 0 Å². The van der Waals surface area contributed by atoms with Gasteiger partial charge in [-0.3, -0.25) is 9.78 Å². The number of carbonyl (C=O) groups excluding carboxylic acids is 1. The van der Waals surface area contributed by atoms with Gasteiger partial charge >= 0.3 is 0 Å². The van der Waals surface area contributed by atoms with Gasteiger partial charge in [0, 0.05) is 17.8 Å². The topological polar surface area (TPSA) is 42.0 Å². The van der Waals surface area contributed by atoms with Crippen LogP contribution in [0.4, 0.5) is 0 Å². The highest BCUT2D eigenvalue weighted by molar-refractivity contribution is 6.30. The number of nitrogens with zero attached hydrogens (tertiary/aromatic N) is 1. The Hall–Kier alpha value is -1.09. The van der Waals surface area contributed by atoms with Crippen molar-refractivity contribution in [3.8, 4) is 0 Å². The lowest BCUT2D eigenvalue weighted by Gasteiger charge is -2.24. The quantitative estimate of drug-likeness (QED) is 0.889. The van der Waals surface area contributed by atoms with Crippen molar-refractivity contribution in [3.63, 3.8) is 0 Å². The number of carbonyl (C=O) groups is 1. The molecule has 0 unspecified atom stereocenters. The van der Waals surface area contributed by atoms with Gasteiger partial charge in [0.2, 0.25) is 0 Å². The second-order valence-corrected chi connectivity index (χ2v) is 5.66. The van der Waals surface area contributed by atoms with Gasteiger partial charge in [0.05, 0.1) is 0 Å². The monoisotopic (exact) mass is 268 g/mol. The van der Waals surface area contributed by atoms with Crippen molar-refractivity contribution in [2.24, 2.45) is 17.8 Å². The summed E-state index contributed by atoms with van der Waals surface area (Å²) in [6.07, 6.45) is 1.54. The smallest absolute Gasteiger partial charge is 0.269 e. The van der Waals surface area contributed by atoms with E-state index in [0.717, 1.165) is 0 Å². The minimum atomic E-state index is -0.163. The van der Waals surface area contributed by atoms with Crippen molar-refractivity contribution in [1.82, 2.24) is 10.3 Å². The van der Waals surface area contributed by atoms with Crippen LogP contribution in [0.5, 0.6) is 0 Å². The molecule has 0 radical (unpaired) electrons. The van der Waals surface area contributed by atoms with E-state index in [2.05, 4.69) is 38.0 Å². The van der Waals surface area contributed by atoms with E-state index in [0.29, 0.717) is 35.0 Å². The van der Waals surface area contributed by atoms with Crippen molar-refractivity contribution in [2.75, 3.05) is 6.54 Å². The van der Waals surface area contributed by atoms with Crippen molar-refractivity contribution in [2.45, 2.75) is 27.7 Å². The molecule has 0 fully saturated rings. The predicted octanol–water partition coefficient (Wildman–Crippen LogP) is 3.39. The fourth-order valence-electron chi connectivity index (χ4n) is 2.07. The van der Waals surface area contributed by atoms with Crippen LogP contribution in [0.3, 0.4) is 0 Å². The first-order valence-electron chi connectivity index (χ1n) is 6.31. The molecule has 1 N–H and O–H groups in total. The van der Waals surface area contributed by atoms with Gasteiger partial charge in [-0.25, -0.2) is 0 Å². The first kappa shape index (κ1) is 15.0. The standard InChI is InChI=1S/C14H21ClN2O/c1-9(2)12(10(3)4)8-17-14(18)13-7-11(15)5-6-16-13/h5-7,9-10,12H,8H2,1-4H3,(H,17,18). The van der Waals surface area contributed by atoms with Gasteiger partial charge in [-0.2, -0.15) is 0 Å². The second-order valence-electron chi connectivity index (χ2n) is 5.22. The third kappa shape index (κ3) is 4.30. The molecule has 0 saturated carbocycles. The lowest BCUT2D eigenvalue weighted by atomic mass is 9.85. The molecule has 1 heterocycles. The third-order valence-electron chi connectivity index (χ3n) is 3.17. The second kappa shape index (κ2) is 6.74. The highest BCUT2D eigenvalue weighted by atomic mass is 35.5. The summed E-state index contributed by atoms with van der Waals surface area (Å²) >= 11 is 5.83. The first-order valence-corrected chi connectivity index (χ1v) is 6.69. The molecule has 0 saturated heterocycles. The van der Waals surface area contributed by atoms with Crippen LogP contribution >= 0.6 is 11.6 Å². The molecule has 4 heteroatoms. The van der Waals surface area contributed by atoms with E-state index in [1.165, 1.54) is 0 Å². The molecule has 1 aromatic heterocycles. The van der Waals surface area contributed by atoms with E-state index in [1.54, 1.807) is 18.3 Å². The van der Waals surface area contributed by atoms with Gasteiger partial charge in [-0.05, 0) is 29.9 Å². The number of nitrogens with one attached hydrogen (secondary N) is 1. The molecule has 1 rings (SSSR count). The number of aromatic nitrogens is 1. The van der Waals surface area contributed by atoms with Crippen LogP contribution in [0.1, 0.15) is 38.2 Å². The van der Waals surface area contributed by atoms with Crippen LogP contribution < -0.4 is 5.32 Å². The number of pyridine rings is 1. The molecule has 18 heavy (non-hydrogen) atoms. The van der Waals surface area contributed by atoms with Gasteiger partial charge in [0.15, 0.2) is 0 Å². The van der Waals surface area contributed by atoms with Gasteiger partial charge in [-0.15, -0.1) is 0 Å². The van der Waals surface area contributed by atoms with Gasteiger partial charge in [-0.1, -0.05) is 39.3 Å². The Morgan fingerprint density at radius 3 is 2.44 bits per heavy atom. The summed E-state index contributed by atoms with van der Waals surface area (Å²) in [6, 6.07) is 3.24. The zero-order chi connectivity index (χ0) is 13.7. The normalized spacial score (nSPS) is 11.3. The number of amides is 1. The molecule has 0 aliphatic heterocycles. The molecule has 3 nitrogen and oxygen atoms in total. The molecule has 0 aliphatic rings. The van der Waals surface area contributed by atoms with Crippen LogP contribution in [0.15, 0.2) is 18.3 Å². The molecule has 100 valence electrons. The lowest BCUT2D eigenvalue weighted by Crippen LogP contribution is -2.34. The van der Waals surface area contributed by atoms with Crippen LogP contribution in [0.2, 0.25) is 5.02 Å². The predicted molar refractivity (Wildman–Crippen MR) is 74.7 cm³/mol. The van der Waals surface area contributed by atoms with E-state index in [4.69, 9.17) is 11.6 Å². The lowest BCUT2D eigenvalue weighted by molar-refractivity contribution is 0.0932. The molecule has 1 aromatic rings. The average Bonchev–Trinajstić information content (AvgIpc) is 2.28. The van der Waals surface area contributed by atoms with Crippen LogP contribution in [0, 0.1) is 17.8 Å². The number of rotatable bonds is 5. The summed E-state index contributed by atoms with van der Waals surface area (Å²) < 4.78 is 0. The largest absolute Gasteiger partial charge is 0.350 e. The Labute approximate surface area is 114 Å². The minimum Gasteiger partial charge on any atom is -0.350 e. The summed E-state index contributed by atoms with van der Waals surface area (Å²) in [5, 5.41) is 3.46. The summed E-state index contributed by atoms with van der Waals surface area (Å²) in [6.45, 7) is 9.37. The summed E-state index contributed by atoms with van der Waals surface area (Å²) in [4.78, 5) is 15.9. The third-order valence-corrected chi connectivity index (χ3v) is 3.40. The van der Waals surface area contributed by atoms with Gasteiger partial charge in [0.25, 0.3) is 5.91 Å². The van der Waals surface area contributed by atoms with Crippen molar-refractivity contribution < 1.29 is 4.79 Å². The van der Waals surface area contributed by atoms with Crippen molar-refractivity contribution in [1.29, 1.82) is 0 Å². The maximum absolute atomic E-state index is 11.9. The maximum Gasteiger partial charge on any atom is 0.269 e. The Bertz CT molecular complexity index is 397. The fourth-order valence-corrected chi connectivity index (χ4v) is 2.23. The Morgan fingerprint density at radius 1 is 1.33 bits per heavy atom. The Kier molecular flexibility index (Phi) is 5.60. The van der Waals surface area contributed by atoms with Crippen LogP contribution in [-0.2, 0) is 0 Å². The molecule has 0 aliphatic carbocycles. The summed E-state index contributed by atoms with van der Waals surface area (Å²) in [5.41, 5.74) is 0.369. The summed E-state index contributed by atoms with van der Waals surface area (Å²) in [7, 11) is 0. The highest BCUT2D eigenvalue weighted by Gasteiger charge is 2.18. The van der Waals surface area contributed by atoms with Crippen LogP contribution in [-0.4, -0.2) is 17.4 Å². The molecule has 0 aromatic carbocycles. The molecule has 0 bridgehead atoms. The number of hydrogen-bond donors (Lipinski definition) is 1. The van der Waals surface area contributed by atoms with E-state index >= 15 is 0 Å². The van der Waals surface area contributed by atoms with Crippen molar-refractivity contribution >= 4 is 17.5 Å². The molecule has 0 atom stereocenters. The highest BCUT2D eigenvalue weighted by Crippen LogP contribution is 2.19. The zero-order valence-electron chi connectivity index (χ0n) is 11.4. The number of hydrogen-bond acceptors (Lipinski definition) is 2. The van der Waals surface area contributed by atoms with E-state index < -0.39 is 0 Å². The maximum atomic E-state index is 11.9. The van der Waals surface area contributed by atoms with E-state index in [-0.39, 0.29) is 5.91 Å². The van der Waals surface area contributed by atoms with E-state index in [9.17, 15) is 4.79 Å². The fraction of sp³-hybridized carbons (Fsp3) is 0.571. The first-order chi connectivity index (χ1) is 8.41. The van der Waals surface area contributed by atoms with Gasteiger partial charge in [0.1, 0.15) is 5.69 Å². The summed E-state index contributed by atoms with van der Waals surface area (Å²) in [5.74, 6) is 1.38. The van der Waals surface area contributed by atoms with Gasteiger partial charge < -0.3 is 5.32 Å². The number of halogens is 1. The molecular formula is C14H21ClN2O. The van der Waals surface area contributed by atoms with Crippen LogP contribution in [0.25, 0.3) is 0 Å². The molecular weight excluding hydrogens is 248 g/mol. The minimum absolute atomic E-state index is 0.163. The average molecular weight is 269 g/mol. The Morgan fingerprint density at radius 2 is 1.94 bits per heavy atom. The Balaban J connectivity index is 2.60.